The number of ether oxygens (including phenoxy) is 1. The molecule has 1 aliphatic rings. The number of rotatable bonds is 7. The summed E-state index contributed by atoms with van der Waals surface area (Å²) < 4.78 is 6.77. The van der Waals surface area contributed by atoms with E-state index in [0.29, 0.717) is 18.0 Å². The van der Waals surface area contributed by atoms with Gasteiger partial charge in [-0.25, -0.2) is 0 Å². The van der Waals surface area contributed by atoms with Crippen molar-refractivity contribution in [3.05, 3.63) is 69.6 Å². The van der Waals surface area contributed by atoms with Crippen LogP contribution in [0.4, 0.5) is 0 Å². The Morgan fingerprint density at radius 1 is 1.14 bits per heavy atom. The Morgan fingerprint density at radius 2 is 1.86 bits per heavy atom. The summed E-state index contributed by atoms with van der Waals surface area (Å²) in [4.78, 5) is 37.6. The molecule has 0 unspecified atom stereocenters. The number of nitrogens with one attached hydrogen (secondary N) is 2. The molecule has 0 saturated carbocycles. The Kier molecular flexibility index (Phi) is 7.19. The first-order chi connectivity index (χ1) is 14.1. The van der Waals surface area contributed by atoms with E-state index in [1.807, 2.05) is 30.3 Å². The van der Waals surface area contributed by atoms with Gasteiger partial charge >= 0.3 is 0 Å². The molecule has 2 N–H and O–H groups in total. The molecule has 0 radical (unpaired) electrons. The molecule has 3 rings (SSSR count). The van der Waals surface area contributed by atoms with E-state index in [4.69, 9.17) is 4.74 Å². The first-order valence-electron chi connectivity index (χ1n) is 9.95. The van der Waals surface area contributed by atoms with Gasteiger partial charge < -0.3 is 19.9 Å². The molecule has 7 nitrogen and oxygen atoms in total. The summed E-state index contributed by atoms with van der Waals surface area (Å²) in [6, 6.07) is 10.8. The second kappa shape index (κ2) is 10.0. The third kappa shape index (κ3) is 5.54. The maximum atomic E-state index is 12.7. The third-order valence-corrected chi connectivity index (χ3v) is 5.19. The van der Waals surface area contributed by atoms with Crippen LogP contribution in [0, 0.1) is 5.92 Å². The molecule has 0 bridgehead atoms. The zero-order valence-electron chi connectivity index (χ0n) is 16.6. The van der Waals surface area contributed by atoms with Crippen LogP contribution < -0.4 is 16.2 Å². The summed E-state index contributed by atoms with van der Waals surface area (Å²) in [5, 5.41) is 5.38. The summed E-state index contributed by atoms with van der Waals surface area (Å²) in [5.41, 5.74) is 0.744. The number of hydrogen-bond acceptors (Lipinski definition) is 4. The van der Waals surface area contributed by atoms with Crippen LogP contribution in [0.25, 0.3) is 0 Å². The van der Waals surface area contributed by atoms with Crippen molar-refractivity contribution in [2.45, 2.75) is 25.8 Å². The number of amides is 2. The molecular weight excluding hydrogens is 370 g/mol. The number of hydrogen-bond donors (Lipinski definition) is 2. The molecule has 29 heavy (non-hydrogen) atoms. The van der Waals surface area contributed by atoms with Gasteiger partial charge in [-0.2, -0.15) is 0 Å². The lowest BCUT2D eigenvalue weighted by atomic mass is 9.97. The first kappa shape index (κ1) is 20.8. The normalized spacial score (nSPS) is 14.4. The summed E-state index contributed by atoms with van der Waals surface area (Å²) >= 11 is 0. The van der Waals surface area contributed by atoms with Gasteiger partial charge in [0, 0.05) is 33.0 Å². The maximum Gasteiger partial charge on any atom is 0.263 e. The largest absolute Gasteiger partial charge is 0.381 e. The molecule has 1 saturated heterocycles. The molecule has 0 atom stereocenters. The van der Waals surface area contributed by atoms with Crippen molar-refractivity contribution in [1.82, 2.24) is 15.2 Å². The Bertz CT molecular complexity index is 902. The van der Waals surface area contributed by atoms with Gasteiger partial charge in [-0.3, -0.25) is 14.4 Å². The number of carbonyl (C=O) groups is 2. The van der Waals surface area contributed by atoms with E-state index >= 15 is 0 Å². The number of nitrogens with zero attached hydrogens (tertiary/aromatic N) is 1. The molecule has 1 aromatic carbocycles. The highest BCUT2D eigenvalue weighted by Gasteiger charge is 2.18. The Labute approximate surface area is 170 Å². The minimum Gasteiger partial charge on any atom is -0.381 e. The van der Waals surface area contributed by atoms with Crippen molar-refractivity contribution in [3.63, 3.8) is 0 Å². The van der Waals surface area contributed by atoms with Gasteiger partial charge in [0.2, 0.25) is 0 Å². The number of aromatic nitrogens is 1. The minimum atomic E-state index is -0.506. The predicted molar refractivity (Wildman–Crippen MR) is 110 cm³/mol. The van der Waals surface area contributed by atoms with Crippen LogP contribution in [-0.4, -0.2) is 43.2 Å². The Morgan fingerprint density at radius 3 is 2.55 bits per heavy atom. The molecule has 1 aliphatic heterocycles. The molecule has 2 heterocycles. The monoisotopic (exact) mass is 397 g/mol. The van der Waals surface area contributed by atoms with Crippen LogP contribution in [0.15, 0.2) is 47.4 Å². The highest BCUT2D eigenvalue weighted by atomic mass is 16.5. The number of pyridine rings is 1. The van der Waals surface area contributed by atoms with Gasteiger partial charge in [0.25, 0.3) is 17.4 Å². The number of carbonyl (C=O) groups excluding carboxylic acids is 2. The zero-order valence-corrected chi connectivity index (χ0v) is 16.6. The molecule has 1 fully saturated rings. The van der Waals surface area contributed by atoms with E-state index in [1.165, 1.54) is 23.9 Å². The zero-order chi connectivity index (χ0) is 20.6. The van der Waals surface area contributed by atoms with Gasteiger partial charge in [0.15, 0.2) is 0 Å². The second-order valence-corrected chi connectivity index (χ2v) is 7.24. The van der Waals surface area contributed by atoms with E-state index in [0.717, 1.165) is 38.0 Å². The minimum absolute atomic E-state index is 0.0412. The van der Waals surface area contributed by atoms with E-state index < -0.39 is 11.5 Å². The average molecular weight is 397 g/mol. The highest BCUT2D eigenvalue weighted by Crippen LogP contribution is 2.17. The summed E-state index contributed by atoms with van der Waals surface area (Å²) in [5.74, 6) is -0.241. The lowest BCUT2D eigenvalue weighted by molar-refractivity contribution is 0.0636. The lowest BCUT2D eigenvalue weighted by Crippen LogP contribution is -2.34. The van der Waals surface area contributed by atoms with Crippen molar-refractivity contribution < 1.29 is 14.3 Å². The molecule has 0 aliphatic carbocycles. The molecule has 0 spiro atoms. The van der Waals surface area contributed by atoms with Crippen molar-refractivity contribution in [3.8, 4) is 0 Å². The third-order valence-electron chi connectivity index (χ3n) is 5.19. The number of benzene rings is 1. The van der Waals surface area contributed by atoms with Gasteiger partial charge in [-0.1, -0.05) is 30.3 Å². The van der Waals surface area contributed by atoms with E-state index in [-0.39, 0.29) is 18.0 Å². The van der Waals surface area contributed by atoms with E-state index in [1.54, 1.807) is 0 Å². The first-order valence-corrected chi connectivity index (χ1v) is 9.95. The summed E-state index contributed by atoms with van der Waals surface area (Å²) in [6.45, 7) is 2.39. The summed E-state index contributed by atoms with van der Waals surface area (Å²) in [7, 11) is 1.46. The predicted octanol–water partition coefficient (Wildman–Crippen LogP) is 1.80. The fraction of sp³-hybridized carbons (Fsp3) is 0.409. The molecule has 2 amide bonds. The van der Waals surface area contributed by atoms with E-state index in [2.05, 4.69) is 10.6 Å². The fourth-order valence-corrected chi connectivity index (χ4v) is 3.48. The second-order valence-electron chi connectivity index (χ2n) is 7.24. The molecule has 7 heteroatoms. The van der Waals surface area contributed by atoms with Gasteiger partial charge in [0.05, 0.1) is 12.1 Å². The summed E-state index contributed by atoms with van der Waals surface area (Å²) in [6.07, 6.45) is 4.43. The Hall–Kier alpha value is -2.93. The fourth-order valence-electron chi connectivity index (χ4n) is 3.48. The van der Waals surface area contributed by atoms with Crippen molar-refractivity contribution in [2.75, 3.05) is 26.8 Å². The van der Waals surface area contributed by atoms with Crippen LogP contribution in [-0.2, 0) is 11.3 Å². The molecule has 154 valence electrons. The van der Waals surface area contributed by atoms with Crippen LogP contribution >= 0.6 is 0 Å². The highest BCUT2D eigenvalue weighted by molar-refractivity contribution is 5.99. The SMILES string of the molecule is CNC(=O)c1cc(C(=O)NCCC2CCOCC2)cn(Cc2ccccc2)c1=O. The van der Waals surface area contributed by atoms with Crippen LogP contribution in [0.2, 0.25) is 0 Å². The van der Waals surface area contributed by atoms with Crippen molar-refractivity contribution in [2.24, 2.45) is 5.92 Å². The van der Waals surface area contributed by atoms with E-state index in [9.17, 15) is 14.4 Å². The van der Waals surface area contributed by atoms with Gasteiger partial charge in [-0.05, 0) is 36.8 Å². The standard InChI is InChI=1S/C22H27N3O4/c1-23-21(27)19-13-18(20(26)24-10-7-16-8-11-29-12-9-16)15-25(22(19)28)14-17-5-3-2-4-6-17/h2-6,13,15-16H,7-12,14H2,1H3,(H,23,27)(H,24,26). The van der Waals surface area contributed by atoms with Crippen LogP contribution in [0.1, 0.15) is 45.5 Å². The van der Waals surface area contributed by atoms with Gasteiger partial charge in [-0.15, -0.1) is 0 Å². The Balaban J connectivity index is 1.77. The molecule has 1 aromatic heterocycles. The molecular formula is C22H27N3O4. The van der Waals surface area contributed by atoms with Crippen molar-refractivity contribution >= 4 is 11.8 Å². The van der Waals surface area contributed by atoms with Crippen LogP contribution in [0.3, 0.4) is 0 Å². The maximum absolute atomic E-state index is 12.7. The lowest BCUT2D eigenvalue weighted by Gasteiger charge is -2.21. The average Bonchev–Trinajstić information content (AvgIpc) is 2.76. The van der Waals surface area contributed by atoms with Crippen molar-refractivity contribution in [1.29, 1.82) is 0 Å². The van der Waals surface area contributed by atoms with Gasteiger partial charge in [0.1, 0.15) is 5.56 Å². The quantitative estimate of drug-likeness (QED) is 0.746. The smallest absolute Gasteiger partial charge is 0.263 e. The topological polar surface area (TPSA) is 89.4 Å². The molecule has 2 aromatic rings. The van der Waals surface area contributed by atoms with Crippen LogP contribution in [0.5, 0.6) is 0 Å².